The van der Waals surface area contributed by atoms with Crippen LogP contribution in [0.5, 0.6) is 0 Å². The van der Waals surface area contributed by atoms with Crippen molar-refractivity contribution in [3.8, 4) is 6.07 Å². The van der Waals surface area contributed by atoms with Crippen LogP contribution < -0.4 is 5.32 Å². The summed E-state index contributed by atoms with van der Waals surface area (Å²) in [7, 11) is 0. The molecule has 0 saturated carbocycles. The highest BCUT2D eigenvalue weighted by Crippen LogP contribution is 2.15. The molecular weight excluding hydrogens is 251 g/mol. The fraction of sp³-hybridized carbons (Fsp3) is 0.235. The van der Waals surface area contributed by atoms with Gasteiger partial charge in [0.1, 0.15) is 11.9 Å². The van der Waals surface area contributed by atoms with Crippen molar-refractivity contribution in [3.63, 3.8) is 0 Å². The van der Waals surface area contributed by atoms with Gasteiger partial charge in [-0.15, -0.1) is 0 Å². The summed E-state index contributed by atoms with van der Waals surface area (Å²) in [5.74, 6) is -0.0618. The van der Waals surface area contributed by atoms with Crippen LogP contribution >= 0.6 is 0 Å². The summed E-state index contributed by atoms with van der Waals surface area (Å²) in [6, 6.07) is 17.0. The molecule has 0 amide bonds. The van der Waals surface area contributed by atoms with Gasteiger partial charge in [0.25, 0.3) is 0 Å². The molecule has 0 aliphatic heterocycles. The third-order valence-electron chi connectivity index (χ3n) is 3.33. The molecule has 0 heterocycles. The van der Waals surface area contributed by atoms with Crippen LogP contribution in [0.15, 0.2) is 48.5 Å². The summed E-state index contributed by atoms with van der Waals surface area (Å²) in [6.45, 7) is 3.32. The largest absolute Gasteiger partial charge is 0.312 e. The van der Waals surface area contributed by atoms with Crippen LogP contribution in [0, 0.1) is 17.1 Å². The first-order valence-electron chi connectivity index (χ1n) is 6.65. The van der Waals surface area contributed by atoms with E-state index >= 15 is 0 Å². The lowest BCUT2D eigenvalue weighted by Crippen LogP contribution is -2.20. The number of halogens is 1. The number of rotatable bonds is 5. The highest BCUT2D eigenvalue weighted by atomic mass is 19.1. The Morgan fingerprint density at radius 2 is 1.90 bits per heavy atom. The summed E-state index contributed by atoms with van der Waals surface area (Å²) < 4.78 is 13.9. The highest BCUT2D eigenvalue weighted by molar-refractivity contribution is 5.34. The van der Waals surface area contributed by atoms with Gasteiger partial charge in [-0.05, 0) is 17.5 Å². The number of nitriles is 1. The molecule has 102 valence electrons. The Kier molecular flexibility index (Phi) is 4.86. The fourth-order valence-electron chi connectivity index (χ4n) is 2.13. The molecule has 1 N–H and O–H groups in total. The van der Waals surface area contributed by atoms with Gasteiger partial charge in [0.15, 0.2) is 0 Å². The summed E-state index contributed by atoms with van der Waals surface area (Å²) in [6.07, 6.45) is 0. The molecule has 2 rings (SSSR count). The van der Waals surface area contributed by atoms with E-state index in [1.165, 1.54) is 11.6 Å². The Morgan fingerprint density at radius 3 is 2.60 bits per heavy atom. The number of hydrogen-bond acceptors (Lipinski definition) is 2. The van der Waals surface area contributed by atoms with Crippen LogP contribution in [0.1, 0.15) is 29.5 Å². The van der Waals surface area contributed by atoms with E-state index in [9.17, 15) is 4.39 Å². The highest BCUT2D eigenvalue weighted by Gasteiger charge is 2.08. The Morgan fingerprint density at radius 1 is 1.15 bits per heavy atom. The van der Waals surface area contributed by atoms with Crippen LogP contribution in [-0.2, 0) is 6.54 Å². The molecule has 0 aromatic heterocycles. The Labute approximate surface area is 118 Å². The number of nitrogens with one attached hydrogen (secondary N) is 1. The zero-order chi connectivity index (χ0) is 14.4. The first-order valence-corrected chi connectivity index (χ1v) is 6.65. The van der Waals surface area contributed by atoms with Gasteiger partial charge in [-0.3, -0.25) is 0 Å². The molecular formula is C17H17FN2. The Bertz CT molecular complexity index is 602. The van der Waals surface area contributed by atoms with Gasteiger partial charge >= 0.3 is 0 Å². The van der Waals surface area contributed by atoms with Crippen molar-refractivity contribution in [2.45, 2.75) is 19.4 Å². The molecule has 0 aliphatic rings. The van der Waals surface area contributed by atoms with Gasteiger partial charge in [-0.25, -0.2) is 4.39 Å². The predicted octanol–water partition coefficient (Wildman–Crippen LogP) is 3.59. The molecule has 2 nitrogen and oxygen atoms in total. The van der Waals surface area contributed by atoms with E-state index in [1.807, 2.05) is 24.3 Å². The van der Waals surface area contributed by atoms with Crippen molar-refractivity contribution in [2.75, 3.05) is 6.54 Å². The second kappa shape index (κ2) is 6.83. The van der Waals surface area contributed by atoms with Crippen molar-refractivity contribution in [3.05, 3.63) is 71.0 Å². The number of hydrogen-bond donors (Lipinski definition) is 1. The minimum Gasteiger partial charge on any atom is -0.312 e. The SMILES string of the molecule is CC(CNCc1cccc(C#N)c1F)c1ccccc1. The van der Waals surface area contributed by atoms with E-state index in [4.69, 9.17) is 5.26 Å². The second-order valence-electron chi connectivity index (χ2n) is 4.83. The van der Waals surface area contributed by atoms with Crippen LogP contribution in [0.3, 0.4) is 0 Å². The normalized spacial score (nSPS) is 11.8. The summed E-state index contributed by atoms with van der Waals surface area (Å²) in [4.78, 5) is 0. The maximum Gasteiger partial charge on any atom is 0.145 e. The third kappa shape index (κ3) is 3.43. The van der Waals surface area contributed by atoms with Crippen LogP contribution in [0.25, 0.3) is 0 Å². The summed E-state index contributed by atoms with van der Waals surface area (Å²) >= 11 is 0. The smallest absolute Gasteiger partial charge is 0.145 e. The molecule has 0 radical (unpaired) electrons. The third-order valence-corrected chi connectivity index (χ3v) is 3.33. The Hall–Kier alpha value is -2.18. The van der Waals surface area contributed by atoms with Gasteiger partial charge in [0, 0.05) is 18.7 Å². The van der Waals surface area contributed by atoms with Crippen molar-refractivity contribution in [2.24, 2.45) is 0 Å². The van der Waals surface area contributed by atoms with E-state index in [1.54, 1.807) is 12.1 Å². The average Bonchev–Trinajstić information content (AvgIpc) is 2.49. The molecule has 2 aromatic rings. The van der Waals surface area contributed by atoms with E-state index in [0.29, 0.717) is 18.0 Å². The maximum atomic E-state index is 13.9. The molecule has 0 saturated heterocycles. The molecule has 0 aliphatic carbocycles. The molecule has 1 atom stereocenters. The molecule has 3 heteroatoms. The van der Waals surface area contributed by atoms with Crippen molar-refractivity contribution < 1.29 is 4.39 Å². The van der Waals surface area contributed by atoms with Crippen molar-refractivity contribution in [1.29, 1.82) is 5.26 Å². The lowest BCUT2D eigenvalue weighted by Gasteiger charge is -2.13. The topological polar surface area (TPSA) is 35.8 Å². The fourth-order valence-corrected chi connectivity index (χ4v) is 2.13. The zero-order valence-corrected chi connectivity index (χ0v) is 11.4. The lowest BCUT2D eigenvalue weighted by atomic mass is 10.0. The lowest BCUT2D eigenvalue weighted by molar-refractivity contribution is 0.568. The molecule has 0 spiro atoms. The van der Waals surface area contributed by atoms with E-state index in [2.05, 4.69) is 24.4 Å². The average molecular weight is 268 g/mol. The predicted molar refractivity (Wildman–Crippen MR) is 77.7 cm³/mol. The van der Waals surface area contributed by atoms with Crippen LogP contribution in [-0.4, -0.2) is 6.54 Å². The van der Waals surface area contributed by atoms with Crippen molar-refractivity contribution >= 4 is 0 Å². The molecule has 0 bridgehead atoms. The van der Waals surface area contributed by atoms with Gasteiger partial charge in [0.2, 0.25) is 0 Å². The Balaban J connectivity index is 1.92. The molecule has 20 heavy (non-hydrogen) atoms. The standard InChI is InChI=1S/C17H17FN2/c1-13(14-6-3-2-4-7-14)11-20-12-16-9-5-8-15(10-19)17(16)18/h2-9,13,20H,11-12H2,1H3. The first-order chi connectivity index (χ1) is 9.72. The number of nitrogens with zero attached hydrogens (tertiary/aromatic N) is 1. The quantitative estimate of drug-likeness (QED) is 0.899. The van der Waals surface area contributed by atoms with Crippen molar-refractivity contribution in [1.82, 2.24) is 5.32 Å². The first kappa shape index (κ1) is 14.2. The zero-order valence-electron chi connectivity index (χ0n) is 11.4. The van der Waals surface area contributed by atoms with Crippen LogP contribution in [0.2, 0.25) is 0 Å². The van der Waals surface area contributed by atoms with Gasteiger partial charge in [-0.2, -0.15) is 5.26 Å². The van der Waals surface area contributed by atoms with Gasteiger partial charge in [0.05, 0.1) is 5.56 Å². The molecule has 2 aromatic carbocycles. The summed E-state index contributed by atoms with van der Waals surface area (Å²) in [5.41, 5.74) is 1.89. The maximum absolute atomic E-state index is 13.9. The molecule has 1 unspecified atom stereocenters. The van der Waals surface area contributed by atoms with Gasteiger partial charge in [-0.1, -0.05) is 49.4 Å². The van der Waals surface area contributed by atoms with Gasteiger partial charge < -0.3 is 5.32 Å². The summed E-state index contributed by atoms with van der Waals surface area (Å²) in [5, 5.41) is 12.0. The van der Waals surface area contributed by atoms with Crippen LogP contribution in [0.4, 0.5) is 4.39 Å². The monoisotopic (exact) mass is 268 g/mol. The minimum absolute atomic E-state index is 0.0976. The van der Waals surface area contributed by atoms with E-state index in [-0.39, 0.29) is 5.56 Å². The minimum atomic E-state index is -0.421. The number of benzene rings is 2. The second-order valence-corrected chi connectivity index (χ2v) is 4.83. The molecule has 0 fully saturated rings. The van der Waals surface area contributed by atoms with E-state index < -0.39 is 5.82 Å². The van der Waals surface area contributed by atoms with E-state index in [0.717, 1.165) is 6.54 Å².